The van der Waals surface area contributed by atoms with Crippen molar-refractivity contribution in [3.8, 4) is 16.9 Å². The van der Waals surface area contributed by atoms with Crippen LogP contribution in [0.15, 0.2) is 72.2 Å². The molecule has 0 aliphatic heterocycles. The molecular weight excluding hydrogens is 314 g/mol. The molecule has 0 spiro atoms. The van der Waals surface area contributed by atoms with Gasteiger partial charge in [-0.25, -0.2) is 0 Å². The zero-order valence-electron chi connectivity index (χ0n) is 14.4. The SMILES string of the molecule is C=COCOc1ccc2cc(-c3ccccc3)c(=O)n(C(C)C)c2c1. The molecule has 25 heavy (non-hydrogen) atoms. The molecule has 0 radical (unpaired) electrons. The van der Waals surface area contributed by atoms with Crippen molar-refractivity contribution in [2.45, 2.75) is 19.9 Å². The Kier molecular flexibility index (Phi) is 4.89. The predicted molar refractivity (Wildman–Crippen MR) is 101 cm³/mol. The first-order valence-electron chi connectivity index (χ1n) is 8.22. The number of rotatable bonds is 6. The van der Waals surface area contributed by atoms with Crippen LogP contribution in [0.1, 0.15) is 19.9 Å². The molecule has 1 heterocycles. The highest BCUT2D eigenvalue weighted by Gasteiger charge is 2.14. The van der Waals surface area contributed by atoms with Crippen molar-refractivity contribution in [2.24, 2.45) is 0 Å². The van der Waals surface area contributed by atoms with Crippen LogP contribution in [0, 0.1) is 0 Å². The molecule has 0 unspecified atom stereocenters. The topological polar surface area (TPSA) is 40.5 Å². The van der Waals surface area contributed by atoms with Gasteiger partial charge in [0.05, 0.1) is 11.8 Å². The Morgan fingerprint density at radius 1 is 1.12 bits per heavy atom. The summed E-state index contributed by atoms with van der Waals surface area (Å²) < 4.78 is 12.3. The molecule has 0 aliphatic carbocycles. The zero-order valence-corrected chi connectivity index (χ0v) is 14.4. The van der Waals surface area contributed by atoms with Gasteiger partial charge in [0.1, 0.15) is 5.75 Å². The van der Waals surface area contributed by atoms with Crippen LogP contribution < -0.4 is 10.3 Å². The van der Waals surface area contributed by atoms with Gasteiger partial charge >= 0.3 is 0 Å². The van der Waals surface area contributed by atoms with E-state index in [-0.39, 0.29) is 18.4 Å². The summed E-state index contributed by atoms with van der Waals surface area (Å²) in [5.74, 6) is 0.649. The molecular formula is C21H21NO3. The fourth-order valence-corrected chi connectivity index (χ4v) is 2.89. The average molecular weight is 335 g/mol. The lowest BCUT2D eigenvalue weighted by Crippen LogP contribution is -2.23. The minimum absolute atomic E-state index is 0.00630. The van der Waals surface area contributed by atoms with Gasteiger partial charge in [0, 0.05) is 17.7 Å². The number of pyridine rings is 1. The lowest BCUT2D eigenvalue weighted by atomic mass is 10.0. The zero-order chi connectivity index (χ0) is 17.8. The highest BCUT2D eigenvalue weighted by atomic mass is 16.7. The minimum atomic E-state index is -0.00630. The van der Waals surface area contributed by atoms with E-state index in [1.807, 2.05) is 68.4 Å². The van der Waals surface area contributed by atoms with Crippen LogP contribution in [0.3, 0.4) is 0 Å². The Morgan fingerprint density at radius 3 is 2.56 bits per heavy atom. The van der Waals surface area contributed by atoms with Gasteiger partial charge < -0.3 is 14.0 Å². The third kappa shape index (κ3) is 3.43. The largest absolute Gasteiger partial charge is 0.466 e. The summed E-state index contributed by atoms with van der Waals surface area (Å²) in [6.45, 7) is 7.58. The molecule has 128 valence electrons. The molecule has 0 amide bonds. The molecule has 0 atom stereocenters. The Bertz CT molecular complexity index is 943. The van der Waals surface area contributed by atoms with Crippen molar-refractivity contribution < 1.29 is 9.47 Å². The molecule has 0 saturated heterocycles. The van der Waals surface area contributed by atoms with Crippen molar-refractivity contribution in [1.82, 2.24) is 4.57 Å². The van der Waals surface area contributed by atoms with Gasteiger partial charge in [-0.05, 0) is 43.0 Å². The Labute approximate surface area is 146 Å². The van der Waals surface area contributed by atoms with Crippen LogP contribution in [-0.2, 0) is 4.74 Å². The van der Waals surface area contributed by atoms with Crippen LogP contribution in [0.4, 0.5) is 0 Å². The molecule has 0 fully saturated rings. The summed E-state index contributed by atoms with van der Waals surface area (Å²) in [4.78, 5) is 13.1. The van der Waals surface area contributed by atoms with Gasteiger partial charge in [0.15, 0.2) is 0 Å². The third-order valence-corrected chi connectivity index (χ3v) is 4.02. The molecule has 0 bridgehead atoms. The number of hydrogen-bond donors (Lipinski definition) is 0. The maximum Gasteiger partial charge on any atom is 0.259 e. The highest BCUT2D eigenvalue weighted by Crippen LogP contribution is 2.26. The smallest absolute Gasteiger partial charge is 0.259 e. The molecule has 3 rings (SSSR count). The number of hydrogen-bond acceptors (Lipinski definition) is 3. The molecule has 4 nitrogen and oxygen atoms in total. The fraction of sp³-hybridized carbons (Fsp3) is 0.190. The van der Waals surface area contributed by atoms with E-state index >= 15 is 0 Å². The molecule has 4 heteroatoms. The molecule has 2 aromatic carbocycles. The van der Waals surface area contributed by atoms with Crippen LogP contribution in [-0.4, -0.2) is 11.4 Å². The first-order valence-corrected chi connectivity index (χ1v) is 8.22. The van der Waals surface area contributed by atoms with Crippen molar-refractivity contribution >= 4 is 10.9 Å². The van der Waals surface area contributed by atoms with Crippen molar-refractivity contribution in [3.05, 3.63) is 77.8 Å². The number of benzene rings is 2. The third-order valence-electron chi connectivity index (χ3n) is 4.02. The second-order valence-corrected chi connectivity index (χ2v) is 6.01. The van der Waals surface area contributed by atoms with E-state index in [0.29, 0.717) is 11.3 Å². The van der Waals surface area contributed by atoms with E-state index < -0.39 is 0 Å². The number of ether oxygens (including phenoxy) is 2. The van der Waals surface area contributed by atoms with Gasteiger partial charge in [0.25, 0.3) is 5.56 Å². The maximum atomic E-state index is 13.1. The van der Waals surface area contributed by atoms with Crippen LogP contribution in [0.25, 0.3) is 22.0 Å². The summed E-state index contributed by atoms with van der Waals surface area (Å²) in [6.07, 6.45) is 1.33. The molecule has 0 aliphatic rings. The van der Waals surface area contributed by atoms with E-state index in [1.54, 1.807) is 4.57 Å². The molecule has 0 N–H and O–H groups in total. The standard InChI is InChI=1S/C21H21NO3/c1-4-24-14-25-18-11-10-17-12-19(16-8-6-5-7-9-16)21(23)22(15(2)3)20(17)13-18/h4-13,15H,1,14H2,2-3H3. The fourth-order valence-electron chi connectivity index (χ4n) is 2.89. The Balaban J connectivity index is 2.17. The Hall–Kier alpha value is -3.01. The van der Waals surface area contributed by atoms with E-state index in [1.165, 1.54) is 6.26 Å². The van der Waals surface area contributed by atoms with E-state index in [4.69, 9.17) is 9.47 Å². The predicted octanol–water partition coefficient (Wildman–Crippen LogP) is 4.75. The summed E-state index contributed by atoms with van der Waals surface area (Å²) in [5.41, 5.74) is 2.46. The quantitative estimate of drug-likeness (QED) is 0.371. The first-order chi connectivity index (χ1) is 12.1. The number of nitrogens with zero attached hydrogens (tertiary/aromatic N) is 1. The monoisotopic (exact) mass is 335 g/mol. The second kappa shape index (κ2) is 7.26. The molecule has 3 aromatic rings. The molecule has 1 aromatic heterocycles. The lowest BCUT2D eigenvalue weighted by Gasteiger charge is -2.17. The minimum Gasteiger partial charge on any atom is -0.466 e. The van der Waals surface area contributed by atoms with Gasteiger partial charge in [-0.15, -0.1) is 0 Å². The highest BCUT2D eigenvalue weighted by molar-refractivity contribution is 5.85. The van der Waals surface area contributed by atoms with Crippen LogP contribution in [0.5, 0.6) is 5.75 Å². The van der Waals surface area contributed by atoms with Crippen molar-refractivity contribution in [1.29, 1.82) is 0 Å². The summed E-state index contributed by atoms with van der Waals surface area (Å²) in [5, 5.41) is 0.990. The lowest BCUT2D eigenvalue weighted by molar-refractivity contribution is 0.0808. The van der Waals surface area contributed by atoms with Gasteiger partial charge in [-0.1, -0.05) is 36.9 Å². The van der Waals surface area contributed by atoms with Crippen LogP contribution in [0.2, 0.25) is 0 Å². The summed E-state index contributed by atoms with van der Waals surface area (Å²) >= 11 is 0. The van der Waals surface area contributed by atoms with Crippen molar-refractivity contribution in [3.63, 3.8) is 0 Å². The first kappa shape index (κ1) is 16.8. The van der Waals surface area contributed by atoms with Gasteiger partial charge in [-0.2, -0.15) is 0 Å². The number of aromatic nitrogens is 1. The molecule has 0 saturated carbocycles. The van der Waals surface area contributed by atoms with E-state index in [0.717, 1.165) is 16.5 Å². The maximum absolute atomic E-state index is 13.1. The Morgan fingerprint density at radius 2 is 1.88 bits per heavy atom. The van der Waals surface area contributed by atoms with E-state index in [9.17, 15) is 4.79 Å². The second-order valence-electron chi connectivity index (χ2n) is 6.01. The van der Waals surface area contributed by atoms with Crippen molar-refractivity contribution in [2.75, 3.05) is 6.79 Å². The number of fused-ring (bicyclic) bond motifs is 1. The normalized spacial score (nSPS) is 10.8. The summed E-state index contributed by atoms with van der Waals surface area (Å²) in [7, 11) is 0. The summed E-state index contributed by atoms with van der Waals surface area (Å²) in [6, 6.07) is 17.4. The van der Waals surface area contributed by atoms with E-state index in [2.05, 4.69) is 6.58 Å². The van der Waals surface area contributed by atoms with Crippen LogP contribution >= 0.6 is 0 Å². The average Bonchev–Trinajstić information content (AvgIpc) is 2.61. The van der Waals surface area contributed by atoms with Gasteiger partial charge in [0.2, 0.25) is 6.79 Å². The van der Waals surface area contributed by atoms with Gasteiger partial charge in [-0.3, -0.25) is 4.79 Å².